The van der Waals surface area contributed by atoms with Gasteiger partial charge in [0.15, 0.2) is 0 Å². The van der Waals surface area contributed by atoms with Crippen molar-refractivity contribution in [3.8, 4) is 5.75 Å². The van der Waals surface area contributed by atoms with E-state index >= 15 is 0 Å². The van der Waals surface area contributed by atoms with Gasteiger partial charge in [-0.2, -0.15) is 0 Å². The van der Waals surface area contributed by atoms with E-state index in [2.05, 4.69) is 10.2 Å². The van der Waals surface area contributed by atoms with Crippen molar-refractivity contribution in [2.24, 2.45) is 0 Å². The van der Waals surface area contributed by atoms with Gasteiger partial charge in [-0.3, -0.25) is 9.69 Å². The minimum absolute atomic E-state index is 0.0450. The molecule has 1 aliphatic rings. The zero-order valence-electron chi connectivity index (χ0n) is 13.8. The first-order valence-corrected chi connectivity index (χ1v) is 8.09. The molecular formula is C19H22N2O3. The molecule has 2 aromatic carbocycles. The van der Waals surface area contributed by atoms with Crippen LogP contribution in [-0.2, 0) is 9.53 Å². The molecule has 0 saturated carbocycles. The van der Waals surface area contributed by atoms with Crippen molar-refractivity contribution >= 4 is 11.6 Å². The van der Waals surface area contributed by atoms with E-state index in [9.17, 15) is 4.79 Å². The minimum atomic E-state index is -0.332. The molecule has 24 heavy (non-hydrogen) atoms. The van der Waals surface area contributed by atoms with Crippen LogP contribution in [-0.4, -0.2) is 44.2 Å². The fourth-order valence-electron chi connectivity index (χ4n) is 2.91. The molecule has 1 aliphatic heterocycles. The highest BCUT2D eigenvalue weighted by Gasteiger charge is 2.29. The standard InChI is InChI=1S/C19H22N2O3/c1-23-17-9-5-8-16(14-17)20-19(22)18(15-6-3-2-4-7-15)21-10-12-24-13-11-21/h2-9,14,18H,10-13H2,1H3,(H,20,22)/t18-/m1/s1. The van der Waals surface area contributed by atoms with Gasteiger partial charge in [0.2, 0.25) is 5.91 Å². The van der Waals surface area contributed by atoms with Crippen LogP contribution >= 0.6 is 0 Å². The number of hydrogen-bond donors (Lipinski definition) is 1. The lowest BCUT2D eigenvalue weighted by Gasteiger charge is -2.33. The van der Waals surface area contributed by atoms with Crippen molar-refractivity contribution < 1.29 is 14.3 Å². The summed E-state index contributed by atoms with van der Waals surface area (Å²) in [6.45, 7) is 2.78. The first-order chi connectivity index (χ1) is 11.8. The normalized spacial score (nSPS) is 16.4. The third kappa shape index (κ3) is 3.93. The zero-order valence-corrected chi connectivity index (χ0v) is 13.8. The van der Waals surface area contributed by atoms with E-state index in [-0.39, 0.29) is 11.9 Å². The van der Waals surface area contributed by atoms with Crippen molar-refractivity contribution in [2.75, 3.05) is 38.7 Å². The van der Waals surface area contributed by atoms with Gasteiger partial charge in [0.25, 0.3) is 0 Å². The van der Waals surface area contributed by atoms with Crippen LogP contribution in [0.4, 0.5) is 5.69 Å². The van der Waals surface area contributed by atoms with Crippen molar-refractivity contribution in [1.29, 1.82) is 0 Å². The number of carbonyl (C=O) groups excluding carboxylic acids is 1. The number of morpholine rings is 1. The van der Waals surface area contributed by atoms with E-state index in [0.717, 1.165) is 30.1 Å². The molecule has 3 rings (SSSR count). The molecular weight excluding hydrogens is 304 g/mol. The van der Waals surface area contributed by atoms with Crippen LogP contribution in [0, 0.1) is 0 Å². The Kier molecular flexibility index (Phi) is 5.46. The Hall–Kier alpha value is -2.37. The molecule has 5 nitrogen and oxygen atoms in total. The van der Waals surface area contributed by atoms with Gasteiger partial charge in [-0.25, -0.2) is 0 Å². The summed E-state index contributed by atoms with van der Waals surface area (Å²) in [7, 11) is 1.61. The van der Waals surface area contributed by atoms with Crippen molar-refractivity contribution in [2.45, 2.75) is 6.04 Å². The van der Waals surface area contributed by atoms with E-state index in [0.29, 0.717) is 13.2 Å². The summed E-state index contributed by atoms with van der Waals surface area (Å²) in [4.78, 5) is 15.1. The van der Waals surface area contributed by atoms with Crippen LogP contribution in [0.1, 0.15) is 11.6 Å². The lowest BCUT2D eigenvalue weighted by Crippen LogP contribution is -2.43. The van der Waals surface area contributed by atoms with Gasteiger partial charge in [-0.1, -0.05) is 36.4 Å². The van der Waals surface area contributed by atoms with Gasteiger partial charge < -0.3 is 14.8 Å². The fraction of sp³-hybridized carbons (Fsp3) is 0.316. The summed E-state index contributed by atoms with van der Waals surface area (Å²) >= 11 is 0. The number of anilines is 1. The van der Waals surface area contributed by atoms with Gasteiger partial charge in [0.05, 0.1) is 20.3 Å². The van der Waals surface area contributed by atoms with Gasteiger partial charge in [-0.05, 0) is 17.7 Å². The van der Waals surface area contributed by atoms with E-state index < -0.39 is 0 Å². The van der Waals surface area contributed by atoms with Crippen LogP contribution in [0.15, 0.2) is 54.6 Å². The minimum Gasteiger partial charge on any atom is -0.497 e. The number of rotatable bonds is 5. The summed E-state index contributed by atoms with van der Waals surface area (Å²) in [5.41, 5.74) is 1.72. The second kappa shape index (κ2) is 7.95. The van der Waals surface area contributed by atoms with Crippen LogP contribution in [0.2, 0.25) is 0 Å². The monoisotopic (exact) mass is 326 g/mol. The van der Waals surface area contributed by atoms with Gasteiger partial charge >= 0.3 is 0 Å². The molecule has 1 saturated heterocycles. The third-order valence-corrected chi connectivity index (χ3v) is 4.11. The Morgan fingerprint density at radius 2 is 1.88 bits per heavy atom. The summed E-state index contributed by atoms with van der Waals surface area (Å²) in [6.07, 6.45) is 0. The Morgan fingerprint density at radius 1 is 1.12 bits per heavy atom. The van der Waals surface area contributed by atoms with Gasteiger partial charge in [-0.15, -0.1) is 0 Å². The number of hydrogen-bond acceptors (Lipinski definition) is 4. The van der Waals surface area contributed by atoms with Crippen LogP contribution in [0.25, 0.3) is 0 Å². The number of carbonyl (C=O) groups is 1. The molecule has 0 spiro atoms. The largest absolute Gasteiger partial charge is 0.497 e. The molecule has 0 unspecified atom stereocenters. The number of nitrogens with one attached hydrogen (secondary N) is 1. The maximum atomic E-state index is 13.0. The van der Waals surface area contributed by atoms with Crippen LogP contribution in [0.3, 0.4) is 0 Å². The molecule has 2 aromatic rings. The average Bonchev–Trinajstić information content (AvgIpc) is 2.64. The maximum Gasteiger partial charge on any atom is 0.246 e. The lowest BCUT2D eigenvalue weighted by atomic mass is 10.0. The summed E-state index contributed by atoms with van der Waals surface area (Å²) in [5, 5.41) is 3.01. The summed E-state index contributed by atoms with van der Waals surface area (Å²) in [6, 6.07) is 16.9. The average molecular weight is 326 g/mol. The molecule has 0 radical (unpaired) electrons. The van der Waals surface area contributed by atoms with E-state index in [1.165, 1.54) is 0 Å². The quantitative estimate of drug-likeness (QED) is 0.918. The SMILES string of the molecule is COc1cccc(NC(=O)[C@@H](c2ccccc2)N2CCOCC2)c1. The molecule has 0 aliphatic carbocycles. The highest BCUT2D eigenvalue weighted by Crippen LogP contribution is 2.25. The second-order valence-corrected chi connectivity index (χ2v) is 5.68. The fourth-order valence-corrected chi connectivity index (χ4v) is 2.91. The van der Waals surface area contributed by atoms with Gasteiger partial charge in [0, 0.05) is 24.8 Å². The number of amides is 1. The molecule has 1 heterocycles. The van der Waals surface area contributed by atoms with Crippen molar-refractivity contribution in [3.05, 3.63) is 60.2 Å². The molecule has 1 atom stereocenters. The van der Waals surface area contributed by atoms with Gasteiger partial charge in [0.1, 0.15) is 11.8 Å². The highest BCUT2D eigenvalue weighted by molar-refractivity contribution is 5.95. The van der Waals surface area contributed by atoms with E-state index in [4.69, 9.17) is 9.47 Å². The number of methoxy groups -OCH3 is 1. The van der Waals surface area contributed by atoms with Crippen LogP contribution in [0.5, 0.6) is 5.75 Å². The zero-order chi connectivity index (χ0) is 16.8. The molecule has 126 valence electrons. The maximum absolute atomic E-state index is 13.0. The number of ether oxygens (including phenoxy) is 2. The first kappa shape index (κ1) is 16.5. The Bertz CT molecular complexity index is 669. The predicted octanol–water partition coefficient (Wildman–Crippen LogP) is 2.71. The van der Waals surface area contributed by atoms with E-state index in [1.807, 2.05) is 54.6 Å². The second-order valence-electron chi connectivity index (χ2n) is 5.68. The van der Waals surface area contributed by atoms with Crippen molar-refractivity contribution in [3.63, 3.8) is 0 Å². The topological polar surface area (TPSA) is 50.8 Å². The third-order valence-electron chi connectivity index (χ3n) is 4.11. The lowest BCUT2D eigenvalue weighted by molar-refractivity contribution is -0.123. The van der Waals surface area contributed by atoms with Crippen LogP contribution < -0.4 is 10.1 Å². The van der Waals surface area contributed by atoms with E-state index in [1.54, 1.807) is 7.11 Å². The van der Waals surface area contributed by atoms with Crippen molar-refractivity contribution in [1.82, 2.24) is 4.90 Å². The summed E-state index contributed by atoms with van der Waals surface area (Å²) in [5.74, 6) is 0.673. The Balaban J connectivity index is 1.82. The first-order valence-electron chi connectivity index (χ1n) is 8.09. The Morgan fingerprint density at radius 3 is 2.58 bits per heavy atom. The molecule has 1 fully saturated rings. The Labute approximate surface area is 142 Å². The molecule has 5 heteroatoms. The smallest absolute Gasteiger partial charge is 0.246 e. The summed E-state index contributed by atoms with van der Waals surface area (Å²) < 4.78 is 10.6. The molecule has 0 bridgehead atoms. The predicted molar refractivity (Wildman–Crippen MR) is 93.2 cm³/mol. The molecule has 0 aromatic heterocycles. The molecule has 1 amide bonds. The number of benzene rings is 2. The molecule has 1 N–H and O–H groups in total. The number of nitrogens with zero attached hydrogens (tertiary/aromatic N) is 1. The highest BCUT2D eigenvalue weighted by atomic mass is 16.5.